The number of aryl methyl sites for hydroxylation is 1. The molecule has 0 aromatic carbocycles. The van der Waals surface area contributed by atoms with Gasteiger partial charge in [-0.2, -0.15) is 19.0 Å². The lowest BCUT2D eigenvalue weighted by molar-refractivity contribution is 0.181. The van der Waals surface area contributed by atoms with Gasteiger partial charge in [-0.15, -0.1) is 0 Å². The van der Waals surface area contributed by atoms with Crippen molar-refractivity contribution in [2.24, 2.45) is 0 Å². The smallest absolute Gasteiger partial charge is 0.254 e. The van der Waals surface area contributed by atoms with Crippen molar-refractivity contribution in [1.29, 1.82) is 0 Å². The first kappa shape index (κ1) is 17.1. The van der Waals surface area contributed by atoms with Gasteiger partial charge in [0.15, 0.2) is 0 Å². The van der Waals surface area contributed by atoms with E-state index in [1.165, 1.54) is 11.5 Å². The summed E-state index contributed by atoms with van der Waals surface area (Å²) in [6.07, 6.45) is 3.46. The molecule has 0 spiro atoms. The minimum atomic E-state index is 0.459. The topological polar surface area (TPSA) is 84.6 Å². The van der Waals surface area contributed by atoms with Crippen molar-refractivity contribution in [2.75, 3.05) is 43.1 Å². The third-order valence-corrected chi connectivity index (χ3v) is 5.26. The molecule has 4 heterocycles. The Kier molecular flexibility index (Phi) is 4.93. The van der Waals surface area contributed by atoms with Crippen LogP contribution in [-0.4, -0.2) is 62.2 Å². The van der Waals surface area contributed by atoms with Crippen LogP contribution in [0.2, 0.25) is 0 Å². The van der Waals surface area contributed by atoms with E-state index in [1.807, 2.05) is 6.07 Å². The van der Waals surface area contributed by atoms with Crippen molar-refractivity contribution in [3.05, 3.63) is 23.9 Å². The molecular formula is C16H22N8OS. The Labute approximate surface area is 155 Å². The summed E-state index contributed by atoms with van der Waals surface area (Å²) < 4.78 is 11.5. The fraction of sp³-hybridized carbons (Fsp3) is 0.562. The van der Waals surface area contributed by atoms with E-state index in [2.05, 4.69) is 41.1 Å². The lowest BCUT2D eigenvalue weighted by Gasteiger charge is -2.23. The van der Waals surface area contributed by atoms with Gasteiger partial charge in [0, 0.05) is 57.3 Å². The number of rotatable bonds is 5. The normalized spacial score (nSPS) is 15.6. The van der Waals surface area contributed by atoms with Crippen LogP contribution >= 0.6 is 11.5 Å². The molecular weight excluding hydrogens is 352 g/mol. The van der Waals surface area contributed by atoms with Gasteiger partial charge in [-0.1, -0.05) is 6.92 Å². The fourth-order valence-corrected chi connectivity index (χ4v) is 3.95. The minimum Gasteiger partial charge on any atom is -0.378 e. The zero-order chi connectivity index (χ0) is 17.9. The number of fused-ring (bicyclic) bond motifs is 1. The van der Waals surface area contributed by atoms with E-state index in [-0.39, 0.29) is 0 Å². The summed E-state index contributed by atoms with van der Waals surface area (Å²) in [6.45, 7) is 6.25. The second-order valence-electron chi connectivity index (χ2n) is 6.18. The monoisotopic (exact) mass is 374 g/mol. The Morgan fingerprint density at radius 1 is 1.15 bits per heavy atom. The third kappa shape index (κ3) is 3.34. The highest BCUT2D eigenvalue weighted by Gasteiger charge is 2.21. The largest absolute Gasteiger partial charge is 0.378 e. The number of anilines is 2. The molecule has 1 aliphatic rings. The Morgan fingerprint density at radius 2 is 2.00 bits per heavy atom. The van der Waals surface area contributed by atoms with E-state index in [1.54, 1.807) is 18.0 Å². The number of hydrogen-bond donors (Lipinski definition) is 0. The van der Waals surface area contributed by atoms with Gasteiger partial charge in [0.25, 0.3) is 5.78 Å². The van der Waals surface area contributed by atoms with Gasteiger partial charge in [-0.05, 0) is 6.42 Å². The van der Waals surface area contributed by atoms with Crippen molar-refractivity contribution in [1.82, 2.24) is 28.9 Å². The van der Waals surface area contributed by atoms with E-state index in [0.29, 0.717) is 12.4 Å². The van der Waals surface area contributed by atoms with E-state index in [9.17, 15) is 0 Å². The summed E-state index contributed by atoms with van der Waals surface area (Å²) in [7, 11) is 1.67. The van der Waals surface area contributed by atoms with Crippen LogP contribution in [-0.2, 0) is 17.8 Å². The third-order valence-electron chi connectivity index (χ3n) is 4.44. The summed E-state index contributed by atoms with van der Waals surface area (Å²) in [5.41, 5.74) is 0.862. The second-order valence-corrected chi connectivity index (χ2v) is 6.92. The SMILES string of the molecule is CCc1nsc(N2CCCN(c3cc(COC)nc4ncnn34)CC2)n1. The first-order valence-corrected chi connectivity index (χ1v) is 9.57. The summed E-state index contributed by atoms with van der Waals surface area (Å²) in [6, 6.07) is 2.04. The quantitative estimate of drug-likeness (QED) is 0.663. The molecule has 0 atom stereocenters. The number of hydrogen-bond acceptors (Lipinski definition) is 9. The molecule has 0 bridgehead atoms. The van der Waals surface area contributed by atoms with Gasteiger partial charge in [0.1, 0.15) is 18.0 Å². The number of nitrogens with zero attached hydrogens (tertiary/aromatic N) is 8. The summed E-state index contributed by atoms with van der Waals surface area (Å²) in [4.78, 5) is 18.0. The van der Waals surface area contributed by atoms with Crippen LogP contribution in [0.5, 0.6) is 0 Å². The predicted molar refractivity (Wildman–Crippen MR) is 99.8 cm³/mol. The number of ether oxygens (including phenoxy) is 1. The van der Waals surface area contributed by atoms with E-state index in [0.717, 1.165) is 61.5 Å². The van der Waals surface area contributed by atoms with Crippen LogP contribution in [0.3, 0.4) is 0 Å². The molecule has 1 aliphatic heterocycles. The van der Waals surface area contributed by atoms with E-state index in [4.69, 9.17) is 4.74 Å². The predicted octanol–water partition coefficient (Wildman–Crippen LogP) is 1.40. The van der Waals surface area contributed by atoms with Gasteiger partial charge in [0.2, 0.25) is 5.13 Å². The molecule has 0 saturated carbocycles. The fourth-order valence-electron chi connectivity index (χ4n) is 3.15. The maximum absolute atomic E-state index is 5.25. The molecule has 26 heavy (non-hydrogen) atoms. The maximum Gasteiger partial charge on any atom is 0.254 e. The minimum absolute atomic E-state index is 0.459. The highest BCUT2D eigenvalue weighted by molar-refractivity contribution is 7.09. The Hall–Kier alpha value is -2.33. The summed E-state index contributed by atoms with van der Waals surface area (Å²) in [5.74, 6) is 2.54. The van der Waals surface area contributed by atoms with Gasteiger partial charge < -0.3 is 14.5 Å². The van der Waals surface area contributed by atoms with Crippen molar-refractivity contribution in [3.63, 3.8) is 0 Å². The molecule has 3 aromatic heterocycles. The van der Waals surface area contributed by atoms with Crippen LogP contribution in [0.4, 0.5) is 10.9 Å². The van der Waals surface area contributed by atoms with Crippen molar-refractivity contribution >= 4 is 28.3 Å². The molecule has 0 aliphatic carbocycles. The average molecular weight is 374 g/mol. The standard InChI is InChI=1S/C16H22N8OS/c1-3-13-20-16(26-21-13)23-6-4-5-22(7-8-23)14-9-12(10-25-2)19-15-17-11-18-24(14)15/h9,11H,3-8,10H2,1-2H3. The first-order chi connectivity index (χ1) is 12.8. The summed E-state index contributed by atoms with van der Waals surface area (Å²) >= 11 is 1.49. The van der Waals surface area contributed by atoms with Crippen molar-refractivity contribution in [3.8, 4) is 0 Å². The van der Waals surface area contributed by atoms with Gasteiger partial charge >= 0.3 is 0 Å². The zero-order valence-corrected chi connectivity index (χ0v) is 15.8. The molecule has 0 unspecified atom stereocenters. The highest BCUT2D eigenvalue weighted by Crippen LogP contribution is 2.22. The van der Waals surface area contributed by atoms with Crippen molar-refractivity contribution < 1.29 is 4.74 Å². The zero-order valence-electron chi connectivity index (χ0n) is 15.0. The maximum atomic E-state index is 5.25. The van der Waals surface area contributed by atoms with Crippen molar-refractivity contribution in [2.45, 2.75) is 26.4 Å². The Balaban J connectivity index is 1.57. The van der Waals surface area contributed by atoms with Gasteiger partial charge in [0.05, 0.1) is 12.3 Å². The molecule has 9 nitrogen and oxygen atoms in total. The van der Waals surface area contributed by atoms with Gasteiger partial charge in [-0.3, -0.25) is 0 Å². The molecule has 1 fully saturated rings. The molecule has 0 amide bonds. The Morgan fingerprint density at radius 3 is 2.81 bits per heavy atom. The van der Waals surface area contributed by atoms with Crippen LogP contribution in [0.25, 0.3) is 5.78 Å². The van der Waals surface area contributed by atoms with E-state index >= 15 is 0 Å². The molecule has 3 aromatic rings. The van der Waals surface area contributed by atoms with Gasteiger partial charge in [-0.25, -0.2) is 9.97 Å². The summed E-state index contributed by atoms with van der Waals surface area (Å²) in [5, 5.41) is 5.36. The lowest BCUT2D eigenvalue weighted by atomic mass is 10.3. The second kappa shape index (κ2) is 7.50. The molecule has 10 heteroatoms. The number of methoxy groups -OCH3 is 1. The van der Waals surface area contributed by atoms with Crippen LogP contribution in [0.1, 0.15) is 24.9 Å². The average Bonchev–Trinajstić information content (AvgIpc) is 3.25. The molecule has 138 valence electrons. The molecule has 0 N–H and O–H groups in total. The van der Waals surface area contributed by atoms with Crippen LogP contribution in [0.15, 0.2) is 12.4 Å². The van der Waals surface area contributed by atoms with E-state index < -0.39 is 0 Å². The first-order valence-electron chi connectivity index (χ1n) is 8.79. The molecule has 0 radical (unpaired) electrons. The Bertz CT molecular complexity index is 878. The highest BCUT2D eigenvalue weighted by atomic mass is 32.1. The lowest BCUT2D eigenvalue weighted by Crippen LogP contribution is -2.32. The van der Waals surface area contributed by atoms with Crippen LogP contribution in [0, 0.1) is 0 Å². The van der Waals surface area contributed by atoms with Crippen LogP contribution < -0.4 is 9.80 Å². The molecule has 1 saturated heterocycles. The molecule has 4 rings (SSSR count). The number of aromatic nitrogens is 6.